The van der Waals surface area contributed by atoms with Crippen LogP contribution in [-0.2, 0) is 12.5 Å². The Bertz CT molecular complexity index is 543. The number of benzene rings is 2. The van der Waals surface area contributed by atoms with Crippen molar-refractivity contribution in [3.05, 3.63) is 65.2 Å². The Morgan fingerprint density at radius 2 is 1.83 bits per heavy atom. The molecule has 0 amide bonds. The first-order chi connectivity index (χ1) is 8.69. The topological polar surface area (TPSA) is 9.23 Å². The first kappa shape index (κ1) is 12.8. The summed E-state index contributed by atoms with van der Waals surface area (Å²) in [5, 5.41) is 0. The van der Waals surface area contributed by atoms with Crippen molar-refractivity contribution >= 4 is 11.6 Å². The van der Waals surface area contributed by atoms with Crippen LogP contribution in [0.1, 0.15) is 11.1 Å². The van der Waals surface area contributed by atoms with Crippen molar-refractivity contribution in [1.29, 1.82) is 0 Å². The van der Waals surface area contributed by atoms with Crippen molar-refractivity contribution in [2.75, 3.05) is 0 Å². The molecule has 0 heterocycles. The lowest BCUT2D eigenvalue weighted by Crippen LogP contribution is -1.98. The van der Waals surface area contributed by atoms with Gasteiger partial charge in [0.1, 0.15) is 12.4 Å². The van der Waals surface area contributed by atoms with E-state index in [9.17, 15) is 8.78 Å². The smallest absolute Gasteiger partial charge is 0.165 e. The Labute approximate surface area is 109 Å². The number of rotatable bonds is 4. The highest BCUT2D eigenvalue weighted by molar-refractivity contribution is 6.17. The normalized spacial score (nSPS) is 10.4. The molecule has 0 fully saturated rings. The zero-order valence-corrected chi connectivity index (χ0v) is 10.3. The van der Waals surface area contributed by atoms with E-state index >= 15 is 0 Å². The molecule has 0 unspecified atom stereocenters. The average molecular weight is 269 g/mol. The second-order valence-corrected chi connectivity index (χ2v) is 4.08. The van der Waals surface area contributed by atoms with E-state index in [-0.39, 0.29) is 24.1 Å². The minimum absolute atomic E-state index is 0.120. The van der Waals surface area contributed by atoms with E-state index < -0.39 is 5.82 Å². The number of hydrogen-bond acceptors (Lipinski definition) is 1. The molecule has 94 valence electrons. The Morgan fingerprint density at radius 3 is 2.50 bits per heavy atom. The highest BCUT2D eigenvalue weighted by atomic mass is 35.5. The van der Waals surface area contributed by atoms with Crippen LogP contribution in [0.4, 0.5) is 8.78 Å². The molecule has 0 saturated heterocycles. The average Bonchev–Trinajstić information content (AvgIpc) is 2.37. The molecule has 0 radical (unpaired) electrons. The van der Waals surface area contributed by atoms with Gasteiger partial charge in [-0.25, -0.2) is 8.78 Å². The fourth-order valence-electron chi connectivity index (χ4n) is 1.53. The SMILES string of the molecule is Fc1cccc(COc2ccc(CCl)cc2F)c1. The summed E-state index contributed by atoms with van der Waals surface area (Å²) in [5.41, 5.74) is 1.34. The first-order valence-electron chi connectivity index (χ1n) is 5.40. The van der Waals surface area contributed by atoms with Gasteiger partial charge in [-0.1, -0.05) is 18.2 Å². The van der Waals surface area contributed by atoms with Crippen molar-refractivity contribution in [3.8, 4) is 5.75 Å². The Balaban J connectivity index is 2.06. The maximum absolute atomic E-state index is 13.6. The van der Waals surface area contributed by atoms with Gasteiger partial charge in [0.25, 0.3) is 0 Å². The molecule has 0 bridgehead atoms. The molecule has 0 aromatic heterocycles. The Morgan fingerprint density at radius 1 is 1.00 bits per heavy atom. The van der Waals surface area contributed by atoms with E-state index in [1.807, 2.05) is 0 Å². The van der Waals surface area contributed by atoms with Gasteiger partial charge in [0.15, 0.2) is 11.6 Å². The van der Waals surface area contributed by atoms with Crippen molar-refractivity contribution in [2.45, 2.75) is 12.5 Å². The van der Waals surface area contributed by atoms with Crippen molar-refractivity contribution in [3.63, 3.8) is 0 Å². The second-order valence-electron chi connectivity index (χ2n) is 3.82. The second kappa shape index (κ2) is 5.83. The quantitative estimate of drug-likeness (QED) is 0.752. The molecule has 0 N–H and O–H groups in total. The van der Waals surface area contributed by atoms with Gasteiger partial charge in [0.05, 0.1) is 0 Å². The minimum atomic E-state index is -0.468. The molecule has 0 aliphatic heterocycles. The van der Waals surface area contributed by atoms with Gasteiger partial charge in [-0.3, -0.25) is 0 Å². The van der Waals surface area contributed by atoms with E-state index in [2.05, 4.69) is 0 Å². The predicted molar refractivity (Wildman–Crippen MR) is 66.7 cm³/mol. The standard InChI is InChI=1S/C14H11ClF2O/c15-8-10-4-5-14(13(17)7-10)18-9-11-2-1-3-12(16)6-11/h1-7H,8-9H2. The Hall–Kier alpha value is -1.61. The third-order valence-electron chi connectivity index (χ3n) is 2.43. The molecule has 2 aromatic rings. The first-order valence-corrected chi connectivity index (χ1v) is 5.94. The fourth-order valence-corrected chi connectivity index (χ4v) is 1.70. The lowest BCUT2D eigenvalue weighted by atomic mass is 10.2. The summed E-state index contributed by atoms with van der Waals surface area (Å²) >= 11 is 5.59. The summed E-state index contributed by atoms with van der Waals surface area (Å²) in [6.07, 6.45) is 0. The van der Waals surface area contributed by atoms with Crippen LogP contribution >= 0.6 is 11.6 Å². The molecule has 18 heavy (non-hydrogen) atoms. The molecule has 2 aromatic carbocycles. The molecule has 2 rings (SSSR count). The third kappa shape index (κ3) is 3.20. The van der Waals surface area contributed by atoms with Crippen LogP contribution in [-0.4, -0.2) is 0 Å². The molecular weight excluding hydrogens is 258 g/mol. The number of hydrogen-bond donors (Lipinski definition) is 0. The van der Waals surface area contributed by atoms with E-state index in [1.54, 1.807) is 18.2 Å². The summed E-state index contributed by atoms with van der Waals surface area (Å²) in [6.45, 7) is 0.120. The molecule has 0 aliphatic carbocycles. The summed E-state index contributed by atoms with van der Waals surface area (Å²) in [6, 6.07) is 10.5. The predicted octanol–water partition coefficient (Wildman–Crippen LogP) is 4.28. The van der Waals surface area contributed by atoms with Crippen molar-refractivity contribution in [1.82, 2.24) is 0 Å². The summed E-state index contributed by atoms with van der Waals surface area (Å²) in [4.78, 5) is 0. The van der Waals surface area contributed by atoms with Crippen LogP contribution in [0.3, 0.4) is 0 Å². The van der Waals surface area contributed by atoms with Crippen LogP contribution in [0, 0.1) is 11.6 Å². The lowest BCUT2D eigenvalue weighted by molar-refractivity contribution is 0.289. The maximum atomic E-state index is 13.6. The van der Waals surface area contributed by atoms with Crippen LogP contribution < -0.4 is 4.74 Å². The highest BCUT2D eigenvalue weighted by Gasteiger charge is 2.05. The monoisotopic (exact) mass is 268 g/mol. The van der Waals surface area contributed by atoms with Crippen LogP contribution in [0.2, 0.25) is 0 Å². The number of alkyl halides is 1. The minimum Gasteiger partial charge on any atom is -0.486 e. The lowest BCUT2D eigenvalue weighted by Gasteiger charge is -2.08. The molecular formula is C14H11ClF2O. The van der Waals surface area contributed by atoms with Gasteiger partial charge < -0.3 is 4.74 Å². The Kier molecular flexibility index (Phi) is 4.15. The highest BCUT2D eigenvalue weighted by Crippen LogP contribution is 2.20. The molecule has 1 nitrogen and oxygen atoms in total. The number of halogens is 3. The van der Waals surface area contributed by atoms with Gasteiger partial charge in [0, 0.05) is 5.88 Å². The molecule has 0 aliphatic rings. The molecule has 4 heteroatoms. The summed E-state index contributed by atoms with van der Waals surface area (Å²) in [7, 11) is 0. The van der Waals surface area contributed by atoms with Gasteiger partial charge in [-0.15, -0.1) is 11.6 Å². The van der Waals surface area contributed by atoms with Gasteiger partial charge in [0.2, 0.25) is 0 Å². The van der Waals surface area contributed by atoms with E-state index in [0.29, 0.717) is 11.1 Å². The largest absolute Gasteiger partial charge is 0.486 e. The van der Waals surface area contributed by atoms with Crippen molar-refractivity contribution in [2.24, 2.45) is 0 Å². The summed E-state index contributed by atoms with van der Waals surface area (Å²) < 4.78 is 31.8. The summed E-state index contributed by atoms with van der Waals surface area (Å²) in [5.74, 6) is -0.423. The zero-order chi connectivity index (χ0) is 13.0. The van der Waals surface area contributed by atoms with E-state index in [1.165, 1.54) is 24.3 Å². The molecule has 0 saturated carbocycles. The van der Waals surface area contributed by atoms with Gasteiger partial charge in [-0.05, 0) is 35.4 Å². The fraction of sp³-hybridized carbons (Fsp3) is 0.143. The number of ether oxygens (including phenoxy) is 1. The van der Waals surface area contributed by atoms with E-state index in [4.69, 9.17) is 16.3 Å². The van der Waals surface area contributed by atoms with Gasteiger partial charge in [-0.2, -0.15) is 0 Å². The maximum Gasteiger partial charge on any atom is 0.165 e. The van der Waals surface area contributed by atoms with Crippen LogP contribution in [0.15, 0.2) is 42.5 Å². The van der Waals surface area contributed by atoms with Crippen LogP contribution in [0.25, 0.3) is 0 Å². The van der Waals surface area contributed by atoms with Gasteiger partial charge >= 0.3 is 0 Å². The molecule has 0 atom stereocenters. The van der Waals surface area contributed by atoms with Crippen LogP contribution in [0.5, 0.6) is 5.75 Å². The third-order valence-corrected chi connectivity index (χ3v) is 2.74. The zero-order valence-electron chi connectivity index (χ0n) is 9.50. The molecule has 0 spiro atoms. The van der Waals surface area contributed by atoms with Crippen molar-refractivity contribution < 1.29 is 13.5 Å². The van der Waals surface area contributed by atoms with E-state index in [0.717, 1.165) is 0 Å².